The van der Waals surface area contributed by atoms with Gasteiger partial charge in [-0.25, -0.2) is 13.1 Å². The van der Waals surface area contributed by atoms with Gasteiger partial charge >= 0.3 is 0 Å². The normalized spacial score (nSPS) is 11.8. The molecule has 0 bridgehead atoms. The van der Waals surface area contributed by atoms with Crippen LogP contribution in [0.5, 0.6) is 0 Å². The molecule has 0 fully saturated rings. The third-order valence-corrected chi connectivity index (χ3v) is 4.46. The van der Waals surface area contributed by atoms with Crippen molar-refractivity contribution in [2.75, 3.05) is 7.05 Å². The minimum Gasteiger partial charge on any atom is -0.218 e. The molecule has 0 aliphatic heterocycles. The summed E-state index contributed by atoms with van der Waals surface area (Å²) >= 11 is 4.68. The Hall–Kier alpha value is 0.0900. The monoisotopic (exact) mass is 269 g/mol. The second-order valence-electron chi connectivity index (χ2n) is 2.19. The van der Waals surface area contributed by atoms with Crippen molar-refractivity contribution in [3.05, 3.63) is 20.8 Å². The standard InChI is InChI=1S/C6H8BrNO2S2/c1-8-12(9,10)4-6-2-5(7)3-11-6/h2-3,8H,4H2,1H3. The second kappa shape index (κ2) is 3.87. The van der Waals surface area contributed by atoms with E-state index in [9.17, 15) is 8.42 Å². The molecule has 0 aromatic carbocycles. The molecule has 0 saturated heterocycles. The quantitative estimate of drug-likeness (QED) is 0.906. The van der Waals surface area contributed by atoms with E-state index in [1.807, 2.05) is 5.38 Å². The minimum atomic E-state index is -3.12. The van der Waals surface area contributed by atoms with Gasteiger partial charge in [0.2, 0.25) is 10.0 Å². The van der Waals surface area contributed by atoms with Crippen molar-refractivity contribution >= 4 is 37.3 Å². The van der Waals surface area contributed by atoms with Crippen LogP contribution in [0.15, 0.2) is 15.9 Å². The first kappa shape index (κ1) is 10.2. The lowest BCUT2D eigenvalue weighted by Crippen LogP contribution is -2.19. The minimum absolute atomic E-state index is 0.0553. The third-order valence-electron chi connectivity index (χ3n) is 1.27. The van der Waals surface area contributed by atoms with E-state index in [2.05, 4.69) is 20.7 Å². The molecule has 3 nitrogen and oxygen atoms in total. The summed E-state index contributed by atoms with van der Waals surface area (Å²) in [6.45, 7) is 0. The Morgan fingerprint density at radius 3 is 2.75 bits per heavy atom. The van der Waals surface area contributed by atoms with E-state index in [0.29, 0.717) is 0 Å². The smallest absolute Gasteiger partial charge is 0.216 e. The summed E-state index contributed by atoms with van der Waals surface area (Å²) in [5.41, 5.74) is 0. The number of halogens is 1. The largest absolute Gasteiger partial charge is 0.218 e. The summed E-state index contributed by atoms with van der Waals surface area (Å²) in [5, 5.41) is 1.86. The van der Waals surface area contributed by atoms with Crippen molar-refractivity contribution in [2.24, 2.45) is 0 Å². The van der Waals surface area contributed by atoms with Crippen molar-refractivity contribution in [3.8, 4) is 0 Å². The molecule has 1 heterocycles. The van der Waals surface area contributed by atoms with E-state index in [4.69, 9.17) is 0 Å². The van der Waals surface area contributed by atoms with E-state index in [-0.39, 0.29) is 5.75 Å². The Labute approximate surface area is 84.0 Å². The van der Waals surface area contributed by atoms with Crippen LogP contribution in [-0.4, -0.2) is 15.5 Å². The SMILES string of the molecule is CNS(=O)(=O)Cc1cc(Br)cs1. The fraction of sp³-hybridized carbons (Fsp3) is 0.333. The summed E-state index contributed by atoms with van der Waals surface area (Å²) in [6.07, 6.45) is 0. The molecule has 1 N–H and O–H groups in total. The van der Waals surface area contributed by atoms with Crippen LogP contribution >= 0.6 is 27.3 Å². The van der Waals surface area contributed by atoms with Gasteiger partial charge in [-0.3, -0.25) is 0 Å². The number of hydrogen-bond acceptors (Lipinski definition) is 3. The highest BCUT2D eigenvalue weighted by molar-refractivity contribution is 9.10. The molecule has 0 atom stereocenters. The van der Waals surface area contributed by atoms with Crippen LogP contribution in [-0.2, 0) is 15.8 Å². The molecule has 0 aliphatic carbocycles. The first-order valence-corrected chi connectivity index (χ1v) is 6.50. The summed E-state index contributed by atoms with van der Waals surface area (Å²) in [7, 11) is -1.70. The van der Waals surface area contributed by atoms with Gasteiger partial charge in [0.15, 0.2) is 0 Å². The zero-order valence-corrected chi connectivity index (χ0v) is 9.59. The molecule has 6 heteroatoms. The number of sulfonamides is 1. The number of thiophene rings is 1. The van der Waals surface area contributed by atoms with Crippen molar-refractivity contribution in [3.63, 3.8) is 0 Å². The number of nitrogens with one attached hydrogen (secondary N) is 1. The topological polar surface area (TPSA) is 46.2 Å². The maximum Gasteiger partial charge on any atom is 0.216 e. The highest BCUT2D eigenvalue weighted by Crippen LogP contribution is 2.21. The predicted molar refractivity (Wildman–Crippen MR) is 53.7 cm³/mol. The predicted octanol–water partition coefficient (Wildman–Crippen LogP) is 1.56. The van der Waals surface area contributed by atoms with Crippen LogP contribution in [0.4, 0.5) is 0 Å². The summed E-state index contributed by atoms with van der Waals surface area (Å²) in [5.74, 6) is 0.0553. The molecule has 1 aromatic heterocycles. The average molecular weight is 270 g/mol. The fourth-order valence-corrected chi connectivity index (χ4v) is 3.26. The second-order valence-corrected chi connectivity index (χ2v) is 6.03. The molecule has 0 unspecified atom stereocenters. The van der Waals surface area contributed by atoms with E-state index in [1.54, 1.807) is 6.07 Å². The van der Waals surface area contributed by atoms with Crippen LogP contribution in [0.3, 0.4) is 0 Å². The Morgan fingerprint density at radius 2 is 2.33 bits per heavy atom. The molecule has 0 spiro atoms. The first-order valence-electron chi connectivity index (χ1n) is 3.17. The zero-order valence-electron chi connectivity index (χ0n) is 6.37. The van der Waals surface area contributed by atoms with Crippen LogP contribution in [0.1, 0.15) is 4.88 Å². The van der Waals surface area contributed by atoms with Crippen LogP contribution in [0, 0.1) is 0 Å². The van der Waals surface area contributed by atoms with Crippen molar-refractivity contribution in [1.82, 2.24) is 4.72 Å². The fourth-order valence-electron chi connectivity index (χ4n) is 0.689. The molecule has 0 radical (unpaired) electrons. The van der Waals surface area contributed by atoms with E-state index >= 15 is 0 Å². The van der Waals surface area contributed by atoms with Crippen LogP contribution in [0.2, 0.25) is 0 Å². The average Bonchev–Trinajstić information content (AvgIpc) is 2.35. The molecule has 0 aliphatic rings. The maximum absolute atomic E-state index is 11.1. The van der Waals surface area contributed by atoms with Gasteiger partial charge in [0.25, 0.3) is 0 Å². The van der Waals surface area contributed by atoms with E-state index < -0.39 is 10.0 Å². The molecule has 0 saturated carbocycles. The van der Waals surface area contributed by atoms with E-state index in [1.165, 1.54) is 18.4 Å². The highest BCUT2D eigenvalue weighted by atomic mass is 79.9. The Kier molecular flexibility index (Phi) is 3.28. The highest BCUT2D eigenvalue weighted by Gasteiger charge is 2.09. The van der Waals surface area contributed by atoms with Crippen LogP contribution < -0.4 is 4.72 Å². The van der Waals surface area contributed by atoms with Crippen molar-refractivity contribution in [1.29, 1.82) is 0 Å². The summed E-state index contributed by atoms with van der Waals surface area (Å²) in [6, 6.07) is 1.81. The Morgan fingerprint density at radius 1 is 1.67 bits per heavy atom. The van der Waals surface area contributed by atoms with Gasteiger partial charge < -0.3 is 0 Å². The summed E-state index contributed by atoms with van der Waals surface area (Å²) < 4.78 is 25.3. The third kappa shape index (κ3) is 2.85. The lowest BCUT2D eigenvalue weighted by molar-refractivity contribution is 0.588. The molecule has 68 valence electrons. The van der Waals surface area contributed by atoms with Gasteiger partial charge in [-0.2, -0.15) is 0 Å². The Bertz CT molecular complexity index is 357. The van der Waals surface area contributed by atoms with E-state index in [0.717, 1.165) is 9.35 Å². The molecule has 12 heavy (non-hydrogen) atoms. The summed E-state index contributed by atoms with van der Waals surface area (Å²) in [4.78, 5) is 0.830. The molecule has 0 amide bonds. The number of rotatable bonds is 3. The molecular formula is C6H8BrNO2S2. The van der Waals surface area contributed by atoms with Gasteiger partial charge in [0.1, 0.15) is 0 Å². The lowest BCUT2D eigenvalue weighted by Gasteiger charge is -1.97. The van der Waals surface area contributed by atoms with Crippen molar-refractivity contribution < 1.29 is 8.42 Å². The zero-order chi connectivity index (χ0) is 9.19. The molecular weight excluding hydrogens is 262 g/mol. The Balaban J connectivity index is 2.77. The number of hydrogen-bond donors (Lipinski definition) is 1. The van der Waals surface area contributed by atoms with Crippen LogP contribution in [0.25, 0.3) is 0 Å². The van der Waals surface area contributed by atoms with Gasteiger partial charge in [-0.1, -0.05) is 0 Å². The van der Waals surface area contributed by atoms with Gasteiger partial charge in [-0.15, -0.1) is 11.3 Å². The first-order chi connectivity index (χ1) is 5.53. The van der Waals surface area contributed by atoms with Crippen molar-refractivity contribution in [2.45, 2.75) is 5.75 Å². The van der Waals surface area contributed by atoms with Gasteiger partial charge in [0.05, 0.1) is 5.75 Å². The van der Waals surface area contributed by atoms with Gasteiger partial charge in [0, 0.05) is 14.7 Å². The maximum atomic E-state index is 11.1. The lowest BCUT2D eigenvalue weighted by atomic mass is 10.5. The molecule has 1 aromatic rings. The molecule has 1 rings (SSSR count). The van der Waals surface area contributed by atoms with Gasteiger partial charge in [-0.05, 0) is 29.0 Å².